The second kappa shape index (κ2) is 3.58. The summed E-state index contributed by atoms with van der Waals surface area (Å²) in [5.74, 6) is 0.448. The maximum absolute atomic E-state index is 9.46. The van der Waals surface area contributed by atoms with Gasteiger partial charge in [0.15, 0.2) is 0 Å². The third kappa shape index (κ3) is 4.34. The summed E-state index contributed by atoms with van der Waals surface area (Å²) < 4.78 is 0. The van der Waals surface area contributed by atoms with Crippen molar-refractivity contribution < 1.29 is 5.11 Å². The fraction of sp³-hybridized carbons (Fsp3) is 0.875. The van der Waals surface area contributed by atoms with Gasteiger partial charge in [0.05, 0.1) is 18.1 Å². The van der Waals surface area contributed by atoms with Crippen LogP contribution in [0.2, 0.25) is 0 Å². The number of hydrogen-bond donors (Lipinski definition) is 1. The molecule has 0 aliphatic heterocycles. The van der Waals surface area contributed by atoms with E-state index in [0.29, 0.717) is 12.3 Å². The van der Waals surface area contributed by atoms with E-state index in [0.717, 1.165) is 0 Å². The van der Waals surface area contributed by atoms with E-state index in [9.17, 15) is 5.11 Å². The first-order valence-electron chi connectivity index (χ1n) is 3.57. The molecule has 0 fully saturated rings. The molecule has 0 aromatic heterocycles. The van der Waals surface area contributed by atoms with Crippen LogP contribution < -0.4 is 0 Å². The van der Waals surface area contributed by atoms with Gasteiger partial charge in [-0.25, -0.2) is 0 Å². The van der Waals surface area contributed by atoms with E-state index in [2.05, 4.69) is 0 Å². The summed E-state index contributed by atoms with van der Waals surface area (Å²) >= 11 is 0. The summed E-state index contributed by atoms with van der Waals surface area (Å²) in [6.45, 7) is 5.77. The standard InChI is InChI=1S/C8H15NO/c1-7(2)6-8(3,10)4-5-9/h7,10H,4,6H2,1-3H3/t8-/m0/s1. The summed E-state index contributed by atoms with van der Waals surface area (Å²) in [4.78, 5) is 0. The van der Waals surface area contributed by atoms with E-state index >= 15 is 0 Å². The van der Waals surface area contributed by atoms with Crippen LogP contribution in [0.15, 0.2) is 0 Å². The number of hydrogen-bond acceptors (Lipinski definition) is 2. The van der Waals surface area contributed by atoms with E-state index in [1.54, 1.807) is 6.92 Å². The SMILES string of the molecule is CC(C)C[C@@](C)(O)CC#N. The van der Waals surface area contributed by atoms with Crippen molar-refractivity contribution in [2.75, 3.05) is 0 Å². The van der Waals surface area contributed by atoms with Crippen molar-refractivity contribution in [3.63, 3.8) is 0 Å². The van der Waals surface area contributed by atoms with Crippen molar-refractivity contribution in [2.24, 2.45) is 5.92 Å². The van der Waals surface area contributed by atoms with Gasteiger partial charge in [-0.15, -0.1) is 0 Å². The van der Waals surface area contributed by atoms with Crippen LogP contribution in [-0.4, -0.2) is 10.7 Å². The van der Waals surface area contributed by atoms with Crippen LogP contribution in [0.4, 0.5) is 0 Å². The molecule has 0 spiro atoms. The van der Waals surface area contributed by atoms with E-state index in [1.165, 1.54) is 0 Å². The molecule has 0 radical (unpaired) electrons. The van der Waals surface area contributed by atoms with Gasteiger partial charge in [-0.05, 0) is 19.3 Å². The Bertz CT molecular complexity index is 133. The van der Waals surface area contributed by atoms with Crippen LogP contribution in [0.3, 0.4) is 0 Å². The third-order valence-electron chi connectivity index (χ3n) is 1.31. The first-order chi connectivity index (χ1) is 4.48. The first kappa shape index (κ1) is 9.45. The molecule has 0 aliphatic carbocycles. The minimum atomic E-state index is -0.789. The van der Waals surface area contributed by atoms with Crippen molar-refractivity contribution >= 4 is 0 Å². The van der Waals surface area contributed by atoms with Crippen LogP contribution in [0.5, 0.6) is 0 Å². The molecule has 0 aromatic carbocycles. The Balaban J connectivity index is 3.77. The van der Waals surface area contributed by atoms with E-state index in [1.807, 2.05) is 19.9 Å². The Morgan fingerprint density at radius 3 is 2.40 bits per heavy atom. The van der Waals surface area contributed by atoms with Gasteiger partial charge >= 0.3 is 0 Å². The molecule has 0 saturated carbocycles. The van der Waals surface area contributed by atoms with Crippen LogP contribution in [0, 0.1) is 17.2 Å². The lowest BCUT2D eigenvalue weighted by molar-refractivity contribution is 0.0432. The topological polar surface area (TPSA) is 44.0 Å². The molecule has 0 saturated heterocycles. The Labute approximate surface area is 62.5 Å². The van der Waals surface area contributed by atoms with Crippen LogP contribution in [-0.2, 0) is 0 Å². The minimum absolute atomic E-state index is 0.227. The van der Waals surface area contributed by atoms with Gasteiger partial charge in [0.2, 0.25) is 0 Å². The average molecular weight is 141 g/mol. The van der Waals surface area contributed by atoms with E-state index in [-0.39, 0.29) is 6.42 Å². The predicted octanol–water partition coefficient (Wildman–Crippen LogP) is 1.70. The Morgan fingerprint density at radius 2 is 2.10 bits per heavy atom. The lowest BCUT2D eigenvalue weighted by Crippen LogP contribution is -2.25. The molecule has 0 amide bonds. The second-order valence-corrected chi connectivity index (χ2v) is 3.43. The molecule has 10 heavy (non-hydrogen) atoms. The lowest BCUT2D eigenvalue weighted by Gasteiger charge is -2.21. The fourth-order valence-corrected chi connectivity index (χ4v) is 1.12. The average Bonchev–Trinajstić information content (AvgIpc) is 1.59. The Hall–Kier alpha value is -0.550. The highest BCUT2D eigenvalue weighted by atomic mass is 16.3. The van der Waals surface area contributed by atoms with Gasteiger partial charge in [0.1, 0.15) is 0 Å². The number of aliphatic hydroxyl groups is 1. The zero-order valence-electron chi connectivity index (χ0n) is 6.89. The van der Waals surface area contributed by atoms with Gasteiger partial charge < -0.3 is 5.11 Å². The smallest absolute Gasteiger partial charge is 0.0751 e. The molecule has 0 aliphatic rings. The zero-order valence-corrected chi connectivity index (χ0v) is 6.89. The molecule has 1 atom stereocenters. The van der Waals surface area contributed by atoms with Gasteiger partial charge in [0.25, 0.3) is 0 Å². The summed E-state index contributed by atoms with van der Waals surface area (Å²) in [5.41, 5.74) is -0.789. The van der Waals surface area contributed by atoms with Crippen LogP contribution >= 0.6 is 0 Å². The van der Waals surface area contributed by atoms with Crippen molar-refractivity contribution in [3.05, 3.63) is 0 Å². The third-order valence-corrected chi connectivity index (χ3v) is 1.31. The molecule has 58 valence electrons. The van der Waals surface area contributed by atoms with Gasteiger partial charge in [0, 0.05) is 0 Å². The highest BCUT2D eigenvalue weighted by molar-refractivity contribution is 4.85. The summed E-state index contributed by atoms with van der Waals surface area (Å²) in [5, 5.41) is 17.8. The van der Waals surface area contributed by atoms with Crippen molar-refractivity contribution in [1.82, 2.24) is 0 Å². The van der Waals surface area contributed by atoms with E-state index < -0.39 is 5.60 Å². The molecule has 0 rings (SSSR count). The molecule has 0 unspecified atom stereocenters. The van der Waals surface area contributed by atoms with Crippen molar-refractivity contribution in [3.8, 4) is 6.07 Å². The summed E-state index contributed by atoms with van der Waals surface area (Å²) in [6, 6.07) is 1.96. The quantitative estimate of drug-likeness (QED) is 0.650. The Kier molecular flexibility index (Phi) is 3.38. The lowest BCUT2D eigenvalue weighted by atomic mass is 9.92. The molecular weight excluding hydrogens is 126 g/mol. The second-order valence-electron chi connectivity index (χ2n) is 3.43. The summed E-state index contributed by atoms with van der Waals surface area (Å²) in [6.07, 6.45) is 0.922. The van der Waals surface area contributed by atoms with Crippen molar-refractivity contribution in [2.45, 2.75) is 39.2 Å². The minimum Gasteiger partial charge on any atom is -0.389 e. The van der Waals surface area contributed by atoms with Gasteiger partial charge in [-0.2, -0.15) is 5.26 Å². The highest BCUT2D eigenvalue weighted by Crippen LogP contribution is 2.18. The number of rotatable bonds is 3. The molecule has 0 bridgehead atoms. The van der Waals surface area contributed by atoms with Gasteiger partial charge in [-0.3, -0.25) is 0 Å². The summed E-state index contributed by atoms with van der Waals surface area (Å²) in [7, 11) is 0. The molecular formula is C8H15NO. The largest absolute Gasteiger partial charge is 0.389 e. The fourth-order valence-electron chi connectivity index (χ4n) is 1.12. The van der Waals surface area contributed by atoms with Gasteiger partial charge in [-0.1, -0.05) is 13.8 Å². The monoisotopic (exact) mass is 141 g/mol. The Morgan fingerprint density at radius 1 is 1.60 bits per heavy atom. The van der Waals surface area contributed by atoms with Crippen molar-refractivity contribution in [1.29, 1.82) is 5.26 Å². The number of nitriles is 1. The van der Waals surface area contributed by atoms with Crippen LogP contribution in [0.1, 0.15) is 33.6 Å². The normalized spacial score (nSPS) is 16.4. The predicted molar refractivity (Wildman–Crippen MR) is 40.3 cm³/mol. The maximum atomic E-state index is 9.46. The van der Waals surface area contributed by atoms with Crippen LogP contribution in [0.25, 0.3) is 0 Å². The van der Waals surface area contributed by atoms with E-state index in [4.69, 9.17) is 5.26 Å². The zero-order chi connectivity index (χ0) is 8.20. The molecule has 0 heterocycles. The molecule has 2 heteroatoms. The maximum Gasteiger partial charge on any atom is 0.0751 e. The highest BCUT2D eigenvalue weighted by Gasteiger charge is 2.20. The molecule has 1 N–H and O–H groups in total. The first-order valence-corrected chi connectivity index (χ1v) is 3.57. The molecule has 0 aromatic rings. The number of nitrogens with zero attached hydrogens (tertiary/aromatic N) is 1. The molecule has 2 nitrogen and oxygen atoms in total.